The van der Waals surface area contributed by atoms with Crippen molar-refractivity contribution in [2.24, 2.45) is 9.98 Å². The van der Waals surface area contributed by atoms with E-state index >= 15 is 0 Å². The molecule has 6 aliphatic heterocycles. The summed E-state index contributed by atoms with van der Waals surface area (Å²) in [7, 11) is 4.91. The molecule has 24 rings (SSSR count). The Bertz CT molecular complexity index is 7390. The number of allylic oxidation sites excluding steroid dienone is 2. The van der Waals surface area contributed by atoms with E-state index in [1.54, 1.807) is 73.1 Å². The molecular weight excluding hydrogens is 1730 g/mol. The van der Waals surface area contributed by atoms with Crippen molar-refractivity contribution in [2.45, 2.75) is 95.4 Å². The van der Waals surface area contributed by atoms with Gasteiger partial charge in [-0.25, -0.2) is 0 Å². The number of nitrogens with one attached hydrogen (secondary N) is 8. The van der Waals surface area contributed by atoms with Crippen molar-refractivity contribution in [1.29, 1.82) is 0 Å². The van der Waals surface area contributed by atoms with Gasteiger partial charge in [-0.3, -0.25) is 63.6 Å². The Hall–Kier alpha value is -16.3. The minimum atomic E-state index is -0.547. The minimum Gasteiger partial charge on any atom is -0.459 e. The number of fused-ring (bicyclic) bond motifs is 12. The molecule has 138 heavy (non-hydrogen) atoms. The quantitative estimate of drug-likeness (QED) is 0.0373. The van der Waals surface area contributed by atoms with Gasteiger partial charge in [-0.2, -0.15) is 5.10 Å². The van der Waals surface area contributed by atoms with Gasteiger partial charge in [-0.15, -0.1) is 0 Å². The number of hydrogen-bond acceptors (Lipinski definition) is 18. The molecule has 0 unspecified atom stereocenters. The molecule has 0 radical (unpaired) electrons. The molecule has 12 aromatic rings. The largest absolute Gasteiger partial charge is 0.459 e. The Morgan fingerprint density at radius 3 is 1.47 bits per heavy atom. The third kappa shape index (κ3) is 17.7. The van der Waals surface area contributed by atoms with Crippen molar-refractivity contribution in [3.8, 4) is 0 Å². The zero-order chi connectivity index (χ0) is 94.0. The van der Waals surface area contributed by atoms with Crippen LogP contribution >= 0.6 is 0 Å². The van der Waals surface area contributed by atoms with E-state index in [1.165, 1.54) is 100 Å². The zero-order valence-electron chi connectivity index (χ0n) is 77.1. The van der Waals surface area contributed by atoms with Gasteiger partial charge < -0.3 is 61.2 Å². The van der Waals surface area contributed by atoms with E-state index in [2.05, 4.69) is 163 Å². The molecule has 6 aliphatic carbocycles. The van der Waals surface area contributed by atoms with Gasteiger partial charge in [-0.1, -0.05) is 140 Å². The molecule has 0 spiro atoms. The minimum absolute atomic E-state index is 0.0329. The third-order valence-electron chi connectivity index (χ3n) is 28.6. The Kier molecular flexibility index (Phi) is 24.7. The highest BCUT2D eigenvalue weighted by Crippen LogP contribution is 2.46. The predicted molar refractivity (Wildman–Crippen MR) is 540 cm³/mol. The lowest BCUT2D eigenvalue weighted by molar-refractivity contribution is -0.137. The Balaban J connectivity index is 0.000000110. The summed E-state index contributed by atoms with van der Waals surface area (Å²) in [5.41, 5.74) is 36.0. The molecule has 10 heterocycles. The third-order valence-corrected chi connectivity index (χ3v) is 28.6. The second-order valence-corrected chi connectivity index (χ2v) is 36.6. The van der Waals surface area contributed by atoms with E-state index < -0.39 is 18.1 Å². The molecular formula is C112H104N18O8. The molecule has 690 valence electrons. The van der Waals surface area contributed by atoms with Crippen LogP contribution < -0.4 is 37.2 Å². The first-order valence-corrected chi connectivity index (χ1v) is 47.3. The van der Waals surface area contributed by atoms with Crippen LogP contribution in [0.3, 0.4) is 0 Å². The molecule has 4 aromatic heterocycles. The molecule has 7 amide bonds. The molecule has 0 saturated heterocycles. The first-order valence-electron chi connectivity index (χ1n) is 47.3. The second kappa shape index (κ2) is 38.6. The number of carbonyl (C=O) groups is 7. The number of hydrogen-bond donors (Lipinski definition) is 8. The monoisotopic (exact) mass is 1830 g/mol. The van der Waals surface area contributed by atoms with Crippen LogP contribution in [-0.2, 0) is 67.5 Å². The molecule has 8 aromatic carbocycles. The van der Waals surface area contributed by atoms with Crippen molar-refractivity contribution >= 4 is 132 Å². The van der Waals surface area contributed by atoms with E-state index in [1.807, 2.05) is 132 Å². The maximum atomic E-state index is 13.8. The maximum Gasteiger partial charge on any atom is 0.290 e. The number of aromatic nitrogens is 5. The van der Waals surface area contributed by atoms with Crippen LogP contribution in [0.15, 0.2) is 314 Å². The summed E-state index contributed by atoms with van der Waals surface area (Å²) in [5, 5.41) is 31.2. The first kappa shape index (κ1) is 88.3. The number of aromatic amines is 1. The smallest absolute Gasteiger partial charge is 0.290 e. The van der Waals surface area contributed by atoms with Gasteiger partial charge in [0, 0.05) is 186 Å². The number of H-pyrrole nitrogens is 1. The molecule has 3 atom stereocenters. The first-order chi connectivity index (χ1) is 67.6. The number of nitrogens with zero attached hydrogens (tertiary/aromatic N) is 10. The SMILES string of the molecule is CNC(=O)[C@H]1CC2=C(Cc3ccccc32)CN1C(=O)C1=C(CNc2ccc3[nH]ncc3c2)C=CC1.CNC(=O)[C@H]1CC2=C(Cc3ccccc32)CN1C(=O)C1=C(CNc2ccc3c(c2)CN=C3)C=CC1.CNC(=O)[C@H]1CC2=C(Cc3ccccc32)CN1C(=O)C1=C(CNc2ccc3nccnc3c2)C=NC1.O=C(c1occc1CNc1ccc2cccnc2c1)N1CCC2=C(Cc3ccccc32)C1. The van der Waals surface area contributed by atoms with E-state index in [-0.39, 0.29) is 41.4 Å². The standard InChI is InChI=1S/C29H28N4O2.C28H26N6O2.C28H27N5O2.C27H23N3O2/c1-30-28(34)27-13-26-22(11-18-5-2-3-7-24(18)26)17-33(27)29(35)25-8-4-6-20(25)16-32-23-10-9-19-14-31-15-21(19)12-23;1-29-27(35)26-12-22-18(10-17-4-2-3-5-21(17)22)16-34(26)28(36)23-15-30-13-19(23)14-33-20-6-7-24-25(11-20)32-9-8-31-24;1-29-27(34)26-13-24-20(11-17-5-2-3-7-22(17)24)16-33(26)28(35)23-8-4-6-18(23)14-30-21-9-10-25-19(12-21)15-31-32-25;31-27(30-12-9-24-21(17-30)14-19-4-1-2-6-23(19)24)26-20(10-13-32-26)16-29-22-8-7-18-5-3-11-28-25(18)15-22/h2-7,9-10,12,14,27,32H,8,11,13,15-17H2,1H3,(H,30,34);2-9,11,13,26,33H,10,12,14-16H2,1H3,(H,29,35);2-7,9-10,12,15,26,30H,8,11,13-14,16H2,1H3,(H,29,34)(H,31,32);1-8,10-11,13,15,29H,9,12,14,16-17H2/t27-;2*26-;/m111./s1. The van der Waals surface area contributed by atoms with Crippen LogP contribution in [0.2, 0.25) is 0 Å². The Labute approximate surface area is 798 Å². The van der Waals surface area contributed by atoms with Crippen LogP contribution in [-0.4, -0.2) is 197 Å². The summed E-state index contributed by atoms with van der Waals surface area (Å²) in [6.07, 6.45) is 27.5. The van der Waals surface area contributed by atoms with E-state index in [0.717, 1.165) is 134 Å². The van der Waals surface area contributed by atoms with Gasteiger partial charge in [0.1, 0.15) is 18.1 Å². The number of rotatable bonds is 19. The average Bonchev–Trinajstić information content (AvgIpc) is 1.59. The van der Waals surface area contributed by atoms with Crippen molar-refractivity contribution in [1.82, 2.24) is 60.7 Å². The molecule has 26 heteroatoms. The summed E-state index contributed by atoms with van der Waals surface area (Å²) in [6, 6.07) is 62.1. The van der Waals surface area contributed by atoms with Gasteiger partial charge in [0.2, 0.25) is 17.7 Å². The number of pyridine rings is 1. The average molecular weight is 1830 g/mol. The summed E-state index contributed by atoms with van der Waals surface area (Å²) in [6.45, 7) is 5.94. The number of aliphatic imine (C=N–C) groups is 2. The number of benzene rings is 8. The van der Waals surface area contributed by atoms with Gasteiger partial charge in [0.15, 0.2) is 5.76 Å². The van der Waals surface area contributed by atoms with Crippen LogP contribution in [0, 0.1) is 0 Å². The van der Waals surface area contributed by atoms with E-state index in [0.29, 0.717) is 102 Å². The summed E-state index contributed by atoms with van der Waals surface area (Å²) >= 11 is 0. The van der Waals surface area contributed by atoms with Gasteiger partial charge >= 0.3 is 0 Å². The lowest BCUT2D eigenvalue weighted by atomic mass is 9.91. The van der Waals surface area contributed by atoms with E-state index in [4.69, 9.17) is 4.42 Å². The van der Waals surface area contributed by atoms with Crippen LogP contribution in [0.4, 0.5) is 22.7 Å². The fourth-order valence-corrected chi connectivity index (χ4v) is 21.4. The highest BCUT2D eigenvalue weighted by molar-refractivity contribution is 6.07. The van der Waals surface area contributed by atoms with Crippen molar-refractivity contribution < 1.29 is 38.0 Å². The van der Waals surface area contributed by atoms with Crippen LogP contribution in [0.5, 0.6) is 0 Å². The zero-order valence-corrected chi connectivity index (χ0v) is 77.1. The summed E-state index contributed by atoms with van der Waals surface area (Å²) in [5.74, 6) is -0.181. The van der Waals surface area contributed by atoms with Crippen molar-refractivity contribution in [2.75, 3.05) is 101 Å². The second-order valence-electron chi connectivity index (χ2n) is 36.6. The van der Waals surface area contributed by atoms with Crippen molar-refractivity contribution in [3.63, 3.8) is 0 Å². The number of furan rings is 1. The number of anilines is 4. The molecule has 12 aliphatic rings. The number of amides is 7. The topological polar surface area (TPSA) is 322 Å². The predicted octanol–water partition coefficient (Wildman–Crippen LogP) is 15.3. The Morgan fingerprint density at radius 1 is 0.413 bits per heavy atom. The molecule has 0 saturated carbocycles. The normalized spacial score (nSPS) is 18.1. The highest BCUT2D eigenvalue weighted by Gasteiger charge is 2.44. The Morgan fingerprint density at radius 2 is 0.891 bits per heavy atom. The van der Waals surface area contributed by atoms with Crippen LogP contribution in [0.25, 0.3) is 55.1 Å². The molecule has 0 fully saturated rings. The van der Waals surface area contributed by atoms with Gasteiger partial charge in [-0.05, 0) is 235 Å². The highest BCUT2D eigenvalue weighted by atomic mass is 16.3. The van der Waals surface area contributed by atoms with Crippen molar-refractivity contribution in [3.05, 3.63) is 366 Å². The molecule has 8 N–H and O–H groups in total. The van der Waals surface area contributed by atoms with E-state index in [9.17, 15) is 33.6 Å². The molecule has 26 nitrogen and oxygen atoms in total. The fraction of sp³-hybridized carbons (Fsp3) is 0.241. The molecule has 0 bridgehead atoms. The van der Waals surface area contributed by atoms with Crippen LogP contribution in [0.1, 0.15) is 110 Å². The number of likely N-dealkylation sites (N-methyl/N-ethyl adjacent to an activating group) is 3. The number of carbonyl (C=O) groups excluding carboxylic acids is 7. The fourth-order valence-electron chi connectivity index (χ4n) is 21.4. The summed E-state index contributed by atoms with van der Waals surface area (Å²) in [4.78, 5) is 123. The lowest BCUT2D eigenvalue weighted by Gasteiger charge is -2.36. The van der Waals surface area contributed by atoms with Gasteiger partial charge in [0.05, 0.1) is 47.6 Å². The maximum absolute atomic E-state index is 13.8. The van der Waals surface area contributed by atoms with Gasteiger partial charge in [0.25, 0.3) is 23.6 Å². The summed E-state index contributed by atoms with van der Waals surface area (Å²) < 4.78 is 5.65. The lowest BCUT2D eigenvalue weighted by Crippen LogP contribution is -2.52.